The van der Waals surface area contributed by atoms with Crippen LogP contribution >= 0.6 is 11.6 Å². The first kappa shape index (κ1) is 13.4. The largest absolute Gasteiger partial charge is 0.478 e. The van der Waals surface area contributed by atoms with E-state index >= 15 is 0 Å². The zero-order chi connectivity index (χ0) is 13.0. The number of ether oxygens (including phenoxy) is 1. The van der Waals surface area contributed by atoms with Gasteiger partial charge in [-0.2, -0.15) is 4.98 Å². The van der Waals surface area contributed by atoms with Crippen LogP contribution in [0.2, 0.25) is 0 Å². The van der Waals surface area contributed by atoms with Crippen molar-refractivity contribution in [3.8, 4) is 5.88 Å². The number of anilines is 1. The van der Waals surface area contributed by atoms with Gasteiger partial charge in [0.2, 0.25) is 5.88 Å². The summed E-state index contributed by atoms with van der Waals surface area (Å²) in [4.78, 5) is 8.65. The van der Waals surface area contributed by atoms with Gasteiger partial charge in [-0.1, -0.05) is 12.8 Å². The minimum Gasteiger partial charge on any atom is -0.478 e. The Labute approximate surface area is 113 Å². The van der Waals surface area contributed by atoms with Crippen molar-refractivity contribution < 1.29 is 4.74 Å². The van der Waals surface area contributed by atoms with Gasteiger partial charge in [0.1, 0.15) is 11.6 Å². The summed E-state index contributed by atoms with van der Waals surface area (Å²) in [5.41, 5.74) is -0.00810. The molecule has 1 aromatic rings. The second-order valence-electron chi connectivity index (χ2n) is 4.82. The fourth-order valence-corrected chi connectivity index (χ4v) is 2.78. The second kappa shape index (κ2) is 5.74. The van der Waals surface area contributed by atoms with Crippen LogP contribution in [0.4, 0.5) is 5.82 Å². The number of hydrogen-bond donors (Lipinski definition) is 1. The second-order valence-corrected chi connectivity index (χ2v) is 5.08. The number of rotatable bonds is 5. The molecule has 2 rings (SSSR count). The molecule has 4 nitrogen and oxygen atoms in total. The van der Waals surface area contributed by atoms with Gasteiger partial charge in [-0.05, 0) is 26.7 Å². The highest BCUT2D eigenvalue weighted by Crippen LogP contribution is 2.34. The van der Waals surface area contributed by atoms with Crippen molar-refractivity contribution in [1.82, 2.24) is 9.97 Å². The van der Waals surface area contributed by atoms with Gasteiger partial charge in [0.05, 0.1) is 12.1 Å². The number of alkyl halides is 1. The highest BCUT2D eigenvalue weighted by molar-refractivity contribution is 6.18. The Bertz CT molecular complexity index is 405. The molecule has 0 amide bonds. The molecule has 1 aliphatic rings. The van der Waals surface area contributed by atoms with E-state index in [1.165, 1.54) is 12.8 Å². The van der Waals surface area contributed by atoms with Crippen molar-refractivity contribution in [2.24, 2.45) is 0 Å². The maximum absolute atomic E-state index is 6.12. The Kier molecular flexibility index (Phi) is 4.27. The fourth-order valence-electron chi connectivity index (χ4n) is 2.44. The van der Waals surface area contributed by atoms with Gasteiger partial charge in [-0.25, -0.2) is 4.98 Å². The lowest BCUT2D eigenvalue weighted by atomic mass is 10.0. The highest BCUT2D eigenvalue weighted by Gasteiger charge is 2.33. The SMILES string of the molecule is CCOc1cc(NC2(CCl)CCCC2)nc(C)n1. The predicted octanol–water partition coefficient (Wildman–Crippen LogP) is 3.15. The van der Waals surface area contributed by atoms with Crippen LogP contribution in [0, 0.1) is 6.92 Å². The summed E-state index contributed by atoms with van der Waals surface area (Å²) in [6, 6.07) is 1.85. The maximum atomic E-state index is 6.12. The van der Waals surface area contributed by atoms with Gasteiger partial charge in [-0.3, -0.25) is 0 Å². The van der Waals surface area contributed by atoms with E-state index < -0.39 is 0 Å². The Morgan fingerprint density at radius 2 is 2.11 bits per heavy atom. The van der Waals surface area contributed by atoms with E-state index in [9.17, 15) is 0 Å². The van der Waals surface area contributed by atoms with Crippen LogP contribution in [0.5, 0.6) is 5.88 Å². The van der Waals surface area contributed by atoms with E-state index in [2.05, 4.69) is 15.3 Å². The predicted molar refractivity (Wildman–Crippen MR) is 73.5 cm³/mol. The summed E-state index contributed by atoms with van der Waals surface area (Å²) in [6.07, 6.45) is 4.65. The maximum Gasteiger partial charge on any atom is 0.218 e. The monoisotopic (exact) mass is 269 g/mol. The molecule has 0 bridgehead atoms. The lowest BCUT2D eigenvalue weighted by Crippen LogP contribution is -2.37. The smallest absolute Gasteiger partial charge is 0.218 e. The quantitative estimate of drug-likeness (QED) is 0.834. The molecule has 0 aliphatic heterocycles. The number of halogens is 1. The van der Waals surface area contributed by atoms with E-state index in [0.29, 0.717) is 24.2 Å². The van der Waals surface area contributed by atoms with Gasteiger partial charge in [-0.15, -0.1) is 11.6 Å². The third-order valence-corrected chi connectivity index (χ3v) is 3.83. The molecular weight excluding hydrogens is 250 g/mol. The highest BCUT2D eigenvalue weighted by atomic mass is 35.5. The third-order valence-electron chi connectivity index (χ3n) is 3.32. The Hall–Kier alpha value is -1.03. The van der Waals surface area contributed by atoms with Crippen LogP contribution in [0.25, 0.3) is 0 Å². The molecule has 1 heterocycles. The van der Waals surface area contributed by atoms with Crippen LogP contribution in [-0.4, -0.2) is 28.0 Å². The first-order chi connectivity index (χ1) is 8.67. The van der Waals surface area contributed by atoms with Crippen molar-refractivity contribution in [3.63, 3.8) is 0 Å². The molecule has 100 valence electrons. The van der Waals surface area contributed by atoms with E-state index in [4.69, 9.17) is 16.3 Å². The fraction of sp³-hybridized carbons (Fsp3) is 0.692. The first-order valence-corrected chi connectivity index (χ1v) is 7.03. The van der Waals surface area contributed by atoms with Crippen LogP contribution in [0.3, 0.4) is 0 Å². The zero-order valence-corrected chi connectivity index (χ0v) is 11.8. The molecule has 0 aromatic carbocycles. The summed E-state index contributed by atoms with van der Waals surface area (Å²) in [5, 5.41) is 3.48. The van der Waals surface area contributed by atoms with E-state index in [0.717, 1.165) is 18.7 Å². The number of aryl methyl sites for hydroxylation is 1. The average Bonchev–Trinajstić information content (AvgIpc) is 2.78. The van der Waals surface area contributed by atoms with Crippen molar-refractivity contribution in [2.75, 3.05) is 17.8 Å². The van der Waals surface area contributed by atoms with Crippen molar-refractivity contribution in [3.05, 3.63) is 11.9 Å². The van der Waals surface area contributed by atoms with Gasteiger partial charge >= 0.3 is 0 Å². The molecule has 18 heavy (non-hydrogen) atoms. The normalized spacial score (nSPS) is 17.7. The average molecular weight is 270 g/mol. The molecule has 0 saturated heterocycles. The van der Waals surface area contributed by atoms with E-state index in [-0.39, 0.29) is 5.54 Å². The Morgan fingerprint density at radius 1 is 1.39 bits per heavy atom. The number of aromatic nitrogens is 2. The Morgan fingerprint density at radius 3 is 2.72 bits per heavy atom. The standard InChI is InChI=1S/C13H20ClN3O/c1-3-18-12-8-11(15-10(2)16-12)17-13(9-14)6-4-5-7-13/h8H,3-7,9H2,1-2H3,(H,15,16,17). The Balaban J connectivity index is 2.17. The van der Waals surface area contributed by atoms with Crippen LogP contribution < -0.4 is 10.1 Å². The summed E-state index contributed by atoms with van der Waals surface area (Å²) in [5.74, 6) is 2.76. The van der Waals surface area contributed by atoms with Crippen LogP contribution in [-0.2, 0) is 0 Å². The van der Waals surface area contributed by atoms with Crippen molar-refractivity contribution in [1.29, 1.82) is 0 Å². The zero-order valence-electron chi connectivity index (χ0n) is 11.0. The molecule has 0 atom stereocenters. The van der Waals surface area contributed by atoms with Gasteiger partial charge < -0.3 is 10.1 Å². The van der Waals surface area contributed by atoms with Crippen molar-refractivity contribution in [2.45, 2.75) is 45.1 Å². The van der Waals surface area contributed by atoms with Crippen LogP contribution in [0.1, 0.15) is 38.4 Å². The minimum absolute atomic E-state index is 0.00810. The van der Waals surface area contributed by atoms with Crippen LogP contribution in [0.15, 0.2) is 6.07 Å². The first-order valence-electron chi connectivity index (χ1n) is 6.50. The van der Waals surface area contributed by atoms with Crippen molar-refractivity contribution >= 4 is 17.4 Å². The number of hydrogen-bond acceptors (Lipinski definition) is 4. The molecule has 1 fully saturated rings. The topological polar surface area (TPSA) is 47.0 Å². The number of nitrogens with one attached hydrogen (secondary N) is 1. The number of nitrogens with zero attached hydrogens (tertiary/aromatic N) is 2. The summed E-state index contributed by atoms with van der Waals surface area (Å²) < 4.78 is 5.43. The lowest BCUT2D eigenvalue weighted by molar-refractivity contribution is 0.325. The molecule has 1 aromatic heterocycles. The van der Waals surface area contributed by atoms with Gasteiger partial charge in [0.15, 0.2) is 0 Å². The lowest BCUT2D eigenvalue weighted by Gasteiger charge is -2.28. The van der Waals surface area contributed by atoms with E-state index in [1.807, 2.05) is 19.9 Å². The van der Waals surface area contributed by atoms with Gasteiger partial charge in [0.25, 0.3) is 0 Å². The molecule has 1 N–H and O–H groups in total. The summed E-state index contributed by atoms with van der Waals surface area (Å²) in [7, 11) is 0. The summed E-state index contributed by atoms with van der Waals surface area (Å²) >= 11 is 6.12. The van der Waals surface area contributed by atoms with E-state index in [1.54, 1.807) is 0 Å². The minimum atomic E-state index is -0.00810. The molecule has 5 heteroatoms. The molecule has 0 spiro atoms. The van der Waals surface area contributed by atoms with Gasteiger partial charge in [0, 0.05) is 11.9 Å². The molecule has 0 radical (unpaired) electrons. The molecule has 0 unspecified atom stereocenters. The molecular formula is C13H20ClN3O. The third kappa shape index (κ3) is 3.05. The molecule has 1 aliphatic carbocycles. The molecule has 1 saturated carbocycles. The summed E-state index contributed by atoms with van der Waals surface area (Å²) in [6.45, 7) is 4.42.